The van der Waals surface area contributed by atoms with E-state index in [4.69, 9.17) is 0 Å². The van der Waals surface area contributed by atoms with Crippen molar-refractivity contribution in [1.29, 1.82) is 5.26 Å². The van der Waals surface area contributed by atoms with E-state index in [2.05, 4.69) is 145 Å². The van der Waals surface area contributed by atoms with Crippen molar-refractivity contribution in [2.45, 2.75) is 57.8 Å². The summed E-state index contributed by atoms with van der Waals surface area (Å²) in [5.74, 6) is 0. The van der Waals surface area contributed by atoms with Crippen LogP contribution in [0.2, 0.25) is 0 Å². The molecule has 6 aromatic rings. The largest absolute Gasteiger partial charge is 0.192 e. The van der Waals surface area contributed by atoms with Gasteiger partial charge in [-0.3, -0.25) is 0 Å². The second kappa shape index (κ2) is 8.41. The molecule has 0 spiro atoms. The molecule has 0 saturated heterocycles. The van der Waals surface area contributed by atoms with Crippen LogP contribution in [-0.4, -0.2) is 0 Å². The fourth-order valence-corrected chi connectivity index (χ4v) is 8.94. The Morgan fingerprint density at radius 1 is 0.422 bits per heavy atom. The summed E-state index contributed by atoms with van der Waals surface area (Å²) in [6.07, 6.45) is 0. The molecule has 0 N–H and O–H groups in total. The Hall–Kier alpha value is -4.93. The van der Waals surface area contributed by atoms with Gasteiger partial charge in [0.25, 0.3) is 0 Å². The van der Waals surface area contributed by atoms with E-state index in [1.165, 1.54) is 83.3 Å². The van der Waals surface area contributed by atoms with Crippen molar-refractivity contribution in [2.24, 2.45) is 0 Å². The lowest BCUT2D eigenvalue weighted by Gasteiger charge is -2.25. The molecule has 1 nitrogen and oxygen atoms in total. The maximum absolute atomic E-state index is 10.1. The third-order valence-electron chi connectivity index (χ3n) is 11.5. The second-order valence-electron chi connectivity index (χ2n) is 14.9. The Bertz CT molecular complexity index is 2340. The molecule has 0 aliphatic heterocycles. The lowest BCUT2D eigenvalue weighted by atomic mass is 9.78. The molecule has 0 amide bonds. The van der Waals surface area contributed by atoms with Gasteiger partial charge in [0.05, 0.1) is 11.6 Å². The zero-order valence-corrected chi connectivity index (χ0v) is 26.8. The first-order valence-electron chi connectivity index (χ1n) is 16.1. The van der Waals surface area contributed by atoms with Crippen LogP contribution in [0.3, 0.4) is 0 Å². The highest BCUT2D eigenvalue weighted by Crippen LogP contribution is 2.60. The van der Waals surface area contributed by atoms with Crippen LogP contribution in [0.15, 0.2) is 103 Å². The van der Waals surface area contributed by atoms with Crippen LogP contribution >= 0.6 is 0 Å². The number of rotatable bonds is 1. The van der Waals surface area contributed by atoms with Crippen molar-refractivity contribution in [1.82, 2.24) is 0 Å². The smallest absolute Gasteiger partial charge is 0.0998 e. The van der Waals surface area contributed by atoms with Crippen LogP contribution < -0.4 is 0 Å². The molecule has 0 atom stereocenters. The number of hydrogen-bond donors (Lipinski definition) is 0. The van der Waals surface area contributed by atoms with Crippen molar-refractivity contribution in [2.75, 3.05) is 0 Å². The van der Waals surface area contributed by atoms with Crippen molar-refractivity contribution < 1.29 is 0 Å². The van der Waals surface area contributed by atoms with Crippen molar-refractivity contribution >= 4 is 10.8 Å². The molecule has 0 radical (unpaired) electrons. The number of hydrogen-bond acceptors (Lipinski definition) is 1. The van der Waals surface area contributed by atoms with Crippen molar-refractivity contribution in [3.63, 3.8) is 0 Å². The van der Waals surface area contributed by atoms with E-state index in [0.717, 1.165) is 10.9 Å². The molecule has 45 heavy (non-hydrogen) atoms. The fraction of sp³-hybridized carbons (Fsp3) is 0.205. The lowest BCUT2D eigenvalue weighted by Crippen LogP contribution is -2.17. The second-order valence-corrected chi connectivity index (χ2v) is 14.9. The van der Waals surface area contributed by atoms with Crippen LogP contribution in [0.25, 0.3) is 55.3 Å². The topological polar surface area (TPSA) is 23.8 Å². The number of benzene rings is 6. The van der Waals surface area contributed by atoms with Gasteiger partial charge in [-0.1, -0.05) is 108 Å². The molecule has 0 unspecified atom stereocenters. The molecule has 3 aliphatic rings. The summed E-state index contributed by atoms with van der Waals surface area (Å²) >= 11 is 0. The minimum absolute atomic E-state index is 0.101. The normalized spacial score (nSPS) is 16.7. The Labute approximate surface area is 265 Å². The number of nitrogens with zero attached hydrogens (tertiary/aromatic N) is 1. The van der Waals surface area contributed by atoms with E-state index in [0.29, 0.717) is 0 Å². The molecule has 3 aliphatic carbocycles. The average molecular weight is 578 g/mol. The van der Waals surface area contributed by atoms with Crippen molar-refractivity contribution in [3.05, 3.63) is 142 Å². The van der Waals surface area contributed by atoms with E-state index in [9.17, 15) is 5.26 Å². The van der Waals surface area contributed by atoms with Gasteiger partial charge in [-0.15, -0.1) is 0 Å². The molecule has 0 aromatic heterocycles. The first kappa shape index (κ1) is 26.5. The highest BCUT2D eigenvalue weighted by molar-refractivity contribution is 6.06. The average Bonchev–Trinajstić information content (AvgIpc) is 3.51. The Balaban J connectivity index is 1.26. The van der Waals surface area contributed by atoms with E-state index in [1.807, 2.05) is 6.07 Å². The SMILES string of the molecule is CC1(C)c2cc(-c3ccccc3)ccc2-c2cc3c(cc21)-c1cc2c(cc1C3(C)C)-c1c(cc(C#N)c3ccccc13)C2(C)C. The van der Waals surface area contributed by atoms with Gasteiger partial charge in [-0.05, 0) is 120 Å². The van der Waals surface area contributed by atoms with E-state index in [-0.39, 0.29) is 16.2 Å². The van der Waals surface area contributed by atoms with Crippen LogP contribution in [0.5, 0.6) is 0 Å². The molecule has 1 heteroatoms. The first-order valence-corrected chi connectivity index (χ1v) is 16.1. The molecule has 216 valence electrons. The summed E-state index contributed by atoms with van der Waals surface area (Å²) in [6.45, 7) is 14.2. The van der Waals surface area contributed by atoms with Crippen molar-refractivity contribution in [3.8, 4) is 50.6 Å². The summed E-state index contributed by atoms with van der Waals surface area (Å²) < 4.78 is 0. The molecule has 0 saturated carbocycles. The van der Waals surface area contributed by atoms with Gasteiger partial charge in [-0.2, -0.15) is 5.26 Å². The zero-order valence-electron chi connectivity index (χ0n) is 26.8. The minimum Gasteiger partial charge on any atom is -0.192 e. The number of nitriles is 1. The summed E-state index contributed by atoms with van der Waals surface area (Å²) in [4.78, 5) is 0. The summed E-state index contributed by atoms with van der Waals surface area (Å²) in [5.41, 5.74) is 19.2. The number of fused-ring (bicyclic) bond motifs is 11. The van der Waals surface area contributed by atoms with E-state index in [1.54, 1.807) is 0 Å². The monoisotopic (exact) mass is 577 g/mol. The third kappa shape index (κ3) is 3.22. The fourth-order valence-electron chi connectivity index (χ4n) is 8.94. The highest BCUT2D eigenvalue weighted by Gasteiger charge is 2.45. The predicted octanol–water partition coefficient (Wildman–Crippen LogP) is 11.3. The van der Waals surface area contributed by atoms with Gasteiger partial charge < -0.3 is 0 Å². The summed E-state index contributed by atoms with van der Waals surface area (Å²) in [5, 5.41) is 12.3. The van der Waals surface area contributed by atoms with Gasteiger partial charge >= 0.3 is 0 Å². The minimum atomic E-state index is -0.206. The van der Waals surface area contributed by atoms with Crippen LogP contribution in [-0.2, 0) is 16.2 Å². The molecule has 0 heterocycles. The molecular formula is C44H35N. The molecule has 6 aromatic carbocycles. The maximum atomic E-state index is 10.1. The van der Waals surface area contributed by atoms with E-state index < -0.39 is 0 Å². The Kier molecular flexibility index (Phi) is 4.95. The van der Waals surface area contributed by atoms with Crippen LogP contribution in [0.1, 0.15) is 80.5 Å². The van der Waals surface area contributed by atoms with Gasteiger partial charge in [0.2, 0.25) is 0 Å². The van der Waals surface area contributed by atoms with Gasteiger partial charge in [0.1, 0.15) is 0 Å². The predicted molar refractivity (Wildman–Crippen MR) is 187 cm³/mol. The zero-order chi connectivity index (χ0) is 31.0. The molecule has 9 rings (SSSR count). The third-order valence-corrected chi connectivity index (χ3v) is 11.5. The van der Waals surface area contributed by atoms with Crippen LogP contribution in [0, 0.1) is 11.3 Å². The van der Waals surface area contributed by atoms with Gasteiger partial charge in [0, 0.05) is 21.6 Å². The highest BCUT2D eigenvalue weighted by atomic mass is 14.5. The molecule has 0 bridgehead atoms. The van der Waals surface area contributed by atoms with E-state index >= 15 is 0 Å². The van der Waals surface area contributed by atoms with Gasteiger partial charge in [0.15, 0.2) is 0 Å². The molecule has 0 fully saturated rings. The Morgan fingerprint density at radius 3 is 1.53 bits per heavy atom. The standard InChI is InChI=1S/C44H35N/c1-42(2)35-18-26(25-12-8-7-9-13-25)16-17-29(35)31-20-37-32(21-36(31)42)33-22-39-34(23-38(33)43(37,3)4)41-30-15-11-10-14-28(30)27(24-45)19-40(41)44(39,5)6/h7-23H,1-6H3. The first-order chi connectivity index (χ1) is 21.5. The van der Waals surface area contributed by atoms with Crippen LogP contribution in [0.4, 0.5) is 0 Å². The Morgan fingerprint density at radius 2 is 0.911 bits per heavy atom. The lowest BCUT2D eigenvalue weighted by molar-refractivity contribution is 0.649. The maximum Gasteiger partial charge on any atom is 0.0998 e. The van der Waals surface area contributed by atoms with Gasteiger partial charge in [-0.25, -0.2) is 0 Å². The summed E-state index contributed by atoms with van der Waals surface area (Å²) in [7, 11) is 0. The quantitative estimate of drug-likeness (QED) is 0.191. The molecular weight excluding hydrogens is 542 g/mol. The summed E-state index contributed by atoms with van der Waals surface area (Å²) in [6, 6.07) is 40.9.